The zero-order valence-corrected chi connectivity index (χ0v) is 16.0. The topological polar surface area (TPSA) is 70.5 Å². The summed E-state index contributed by atoms with van der Waals surface area (Å²) in [6.45, 7) is 1.96. The van der Waals surface area contributed by atoms with E-state index in [-0.39, 0.29) is 17.4 Å². The van der Waals surface area contributed by atoms with Crippen molar-refractivity contribution in [3.05, 3.63) is 71.1 Å². The lowest BCUT2D eigenvalue weighted by Gasteiger charge is -2.35. The Bertz CT molecular complexity index is 913. The van der Waals surface area contributed by atoms with Crippen LogP contribution < -0.4 is 0 Å². The first kappa shape index (κ1) is 18.4. The largest absolute Gasteiger partial charge is 0.507 e. The smallest absolute Gasteiger partial charge is 0.295 e. The number of ketones is 1. The fourth-order valence-electron chi connectivity index (χ4n) is 4.28. The molecule has 0 spiro atoms. The predicted octanol–water partition coefficient (Wildman–Crippen LogP) is 4.14. The Morgan fingerprint density at radius 1 is 1.04 bits per heavy atom. The van der Waals surface area contributed by atoms with E-state index < -0.39 is 17.7 Å². The second-order valence-corrected chi connectivity index (χ2v) is 7.62. The van der Waals surface area contributed by atoms with Crippen molar-refractivity contribution in [1.29, 1.82) is 0 Å². The first-order valence-electron chi connectivity index (χ1n) is 9.86. The van der Waals surface area contributed by atoms with Crippen LogP contribution in [0.2, 0.25) is 0 Å². The molecule has 5 nitrogen and oxygen atoms in total. The van der Waals surface area contributed by atoms with E-state index in [4.69, 9.17) is 0 Å². The Kier molecular flexibility index (Phi) is 4.99. The molecule has 28 heavy (non-hydrogen) atoms. The summed E-state index contributed by atoms with van der Waals surface area (Å²) in [4.78, 5) is 32.1. The van der Waals surface area contributed by atoms with Gasteiger partial charge in [-0.1, -0.05) is 55.2 Å². The van der Waals surface area contributed by atoms with E-state index in [1.54, 1.807) is 29.3 Å². The molecule has 4 rings (SSSR count). The Hall–Kier alpha value is -2.95. The fraction of sp³-hybridized carbons (Fsp3) is 0.348. The van der Waals surface area contributed by atoms with Gasteiger partial charge < -0.3 is 10.0 Å². The number of aryl methyl sites for hydroxylation is 1. The molecule has 1 saturated heterocycles. The van der Waals surface area contributed by atoms with Crippen LogP contribution in [0.5, 0.6) is 0 Å². The van der Waals surface area contributed by atoms with Gasteiger partial charge in [0.05, 0.1) is 11.3 Å². The molecule has 1 unspecified atom stereocenters. The summed E-state index contributed by atoms with van der Waals surface area (Å²) in [6.07, 6.45) is 6.64. The van der Waals surface area contributed by atoms with Crippen LogP contribution >= 0.6 is 0 Å². The minimum absolute atomic E-state index is 0.000485. The van der Waals surface area contributed by atoms with Gasteiger partial charge in [-0.15, -0.1) is 0 Å². The summed E-state index contributed by atoms with van der Waals surface area (Å²) in [6, 6.07) is 12.1. The summed E-state index contributed by atoms with van der Waals surface area (Å²) in [5.74, 6) is -1.29. The summed E-state index contributed by atoms with van der Waals surface area (Å²) >= 11 is 0. The molecule has 1 aliphatic carbocycles. The molecule has 1 amide bonds. The number of aliphatic hydroxyl groups excluding tert-OH is 1. The molecule has 1 aromatic heterocycles. The number of carbonyl (C=O) groups excluding carboxylic acids is 2. The van der Waals surface area contributed by atoms with Gasteiger partial charge in [0.25, 0.3) is 11.7 Å². The highest BCUT2D eigenvalue weighted by Crippen LogP contribution is 2.42. The van der Waals surface area contributed by atoms with Gasteiger partial charge in [0.2, 0.25) is 0 Å². The van der Waals surface area contributed by atoms with E-state index in [9.17, 15) is 14.7 Å². The first-order valence-corrected chi connectivity index (χ1v) is 9.86. The van der Waals surface area contributed by atoms with E-state index in [2.05, 4.69) is 4.98 Å². The molecule has 1 N–H and O–H groups in total. The lowest BCUT2D eigenvalue weighted by molar-refractivity contribution is -0.141. The van der Waals surface area contributed by atoms with Crippen LogP contribution in [0.4, 0.5) is 0 Å². The molecule has 0 bridgehead atoms. The van der Waals surface area contributed by atoms with Crippen molar-refractivity contribution in [2.45, 2.75) is 51.1 Å². The van der Waals surface area contributed by atoms with Crippen LogP contribution in [0.15, 0.2) is 54.2 Å². The SMILES string of the molecule is Cc1ccc(/C(O)=C2/C(=O)C(=O)N(C3CCCCC3)C2c2ccccn2)cc1. The van der Waals surface area contributed by atoms with Crippen molar-refractivity contribution < 1.29 is 14.7 Å². The minimum atomic E-state index is -0.648. The molecule has 1 atom stereocenters. The predicted molar refractivity (Wildman–Crippen MR) is 106 cm³/mol. The molecular formula is C23H24N2O3. The number of likely N-dealkylation sites (tertiary alicyclic amines) is 1. The highest BCUT2D eigenvalue weighted by atomic mass is 16.3. The van der Waals surface area contributed by atoms with Crippen molar-refractivity contribution in [2.75, 3.05) is 0 Å². The number of amides is 1. The van der Waals surface area contributed by atoms with Crippen LogP contribution in [0.25, 0.3) is 5.76 Å². The lowest BCUT2D eigenvalue weighted by atomic mass is 9.92. The third kappa shape index (κ3) is 3.21. The maximum atomic E-state index is 13.0. The Morgan fingerprint density at radius 2 is 1.75 bits per heavy atom. The molecule has 2 aromatic rings. The van der Waals surface area contributed by atoms with Gasteiger partial charge >= 0.3 is 0 Å². The van der Waals surface area contributed by atoms with Gasteiger partial charge in [0.1, 0.15) is 11.8 Å². The van der Waals surface area contributed by atoms with E-state index in [1.165, 1.54) is 0 Å². The number of Topliss-reactive ketones (excluding diaryl/α,β-unsaturated/α-hetero) is 1. The van der Waals surface area contributed by atoms with E-state index in [1.807, 2.05) is 31.2 Å². The number of benzene rings is 1. The van der Waals surface area contributed by atoms with E-state index in [0.29, 0.717) is 11.3 Å². The molecule has 1 aliphatic heterocycles. The molecule has 2 aliphatic rings. The second-order valence-electron chi connectivity index (χ2n) is 7.62. The van der Waals surface area contributed by atoms with Crippen molar-refractivity contribution in [2.24, 2.45) is 0 Å². The summed E-state index contributed by atoms with van der Waals surface area (Å²) in [7, 11) is 0. The van der Waals surface area contributed by atoms with Gasteiger partial charge in [-0.05, 0) is 31.9 Å². The Labute approximate surface area is 164 Å². The maximum Gasteiger partial charge on any atom is 0.295 e. The number of aliphatic hydroxyl groups is 1. The summed E-state index contributed by atoms with van der Waals surface area (Å²) in [5.41, 5.74) is 2.34. The molecule has 0 radical (unpaired) electrons. The minimum Gasteiger partial charge on any atom is -0.507 e. The number of nitrogens with zero attached hydrogens (tertiary/aromatic N) is 2. The number of pyridine rings is 1. The van der Waals surface area contributed by atoms with Crippen LogP contribution in [0, 0.1) is 6.92 Å². The average molecular weight is 376 g/mol. The zero-order chi connectivity index (χ0) is 19.7. The quantitative estimate of drug-likeness (QED) is 0.496. The average Bonchev–Trinajstić information content (AvgIpc) is 3.00. The monoisotopic (exact) mass is 376 g/mol. The normalized spacial score (nSPS) is 22.6. The third-order valence-corrected chi connectivity index (χ3v) is 5.74. The Balaban J connectivity index is 1.85. The second kappa shape index (κ2) is 7.58. The van der Waals surface area contributed by atoms with Crippen molar-refractivity contribution in [1.82, 2.24) is 9.88 Å². The van der Waals surface area contributed by atoms with Crippen molar-refractivity contribution in [3.8, 4) is 0 Å². The lowest BCUT2D eigenvalue weighted by Crippen LogP contribution is -2.40. The highest BCUT2D eigenvalue weighted by molar-refractivity contribution is 6.46. The molecule has 1 aromatic carbocycles. The molecule has 2 fully saturated rings. The number of carbonyl (C=O) groups is 2. The number of aromatic nitrogens is 1. The fourth-order valence-corrected chi connectivity index (χ4v) is 4.28. The van der Waals surface area contributed by atoms with Gasteiger partial charge in [-0.3, -0.25) is 14.6 Å². The highest BCUT2D eigenvalue weighted by Gasteiger charge is 2.49. The summed E-state index contributed by atoms with van der Waals surface area (Å²) < 4.78 is 0. The zero-order valence-electron chi connectivity index (χ0n) is 16.0. The van der Waals surface area contributed by atoms with E-state index >= 15 is 0 Å². The molecule has 144 valence electrons. The molecule has 2 heterocycles. The van der Waals surface area contributed by atoms with Crippen LogP contribution in [-0.2, 0) is 9.59 Å². The number of hydrogen-bond donors (Lipinski definition) is 1. The maximum absolute atomic E-state index is 13.0. The molecular weight excluding hydrogens is 352 g/mol. The number of hydrogen-bond acceptors (Lipinski definition) is 4. The number of rotatable bonds is 3. The van der Waals surface area contributed by atoms with Crippen LogP contribution in [-0.4, -0.2) is 32.7 Å². The Morgan fingerprint density at radius 3 is 2.39 bits per heavy atom. The summed E-state index contributed by atoms with van der Waals surface area (Å²) in [5, 5.41) is 11.0. The van der Waals surface area contributed by atoms with Crippen LogP contribution in [0.3, 0.4) is 0 Å². The van der Waals surface area contributed by atoms with Crippen LogP contribution in [0.1, 0.15) is 55.0 Å². The van der Waals surface area contributed by atoms with Gasteiger partial charge in [-0.25, -0.2) is 0 Å². The van der Waals surface area contributed by atoms with E-state index in [0.717, 1.165) is 37.7 Å². The standard InChI is InChI=1S/C23H24N2O3/c1-15-10-12-16(13-11-15)21(26)19-20(18-9-5-6-14-24-18)25(23(28)22(19)27)17-7-3-2-4-8-17/h5-6,9-14,17,20,26H,2-4,7-8H2,1H3/b21-19-. The first-order chi connectivity index (χ1) is 13.6. The van der Waals surface area contributed by atoms with Gasteiger partial charge in [0.15, 0.2) is 0 Å². The third-order valence-electron chi connectivity index (χ3n) is 5.74. The van der Waals surface area contributed by atoms with Gasteiger partial charge in [-0.2, -0.15) is 0 Å². The van der Waals surface area contributed by atoms with Gasteiger partial charge in [0, 0.05) is 17.8 Å². The van der Waals surface area contributed by atoms with Crippen molar-refractivity contribution in [3.63, 3.8) is 0 Å². The molecule has 1 saturated carbocycles. The molecule has 5 heteroatoms. The van der Waals surface area contributed by atoms with Crippen molar-refractivity contribution >= 4 is 17.4 Å².